The highest BCUT2D eigenvalue weighted by Crippen LogP contribution is 2.35. The van der Waals surface area contributed by atoms with Crippen LogP contribution in [0.25, 0.3) is 22.3 Å². The van der Waals surface area contributed by atoms with Crippen molar-refractivity contribution in [3.63, 3.8) is 0 Å². The average Bonchev–Trinajstić information content (AvgIpc) is 3.26. The third kappa shape index (κ3) is 10.2. The lowest BCUT2D eigenvalue weighted by atomic mass is 9.98. The summed E-state index contributed by atoms with van der Waals surface area (Å²) in [5.74, 6) is 0. The van der Waals surface area contributed by atoms with Gasteiger partial charge >= 0.3 is 0 Å². The average molecular weight is 751 g/mol. The quantitative estimate of drug-likeness (QED) is 0.150. The Kier molecular flexibility index (Phi) is 12.9. The molecule has 8 rings (SSSR count). The molecule has 2 heteroatoms. The van der Waals surface area contributed by atoms with Gasteiger partial charge in [-0.2, -0.15) is 0 Å². The normalized spacial score (nSPS) is 10.4. The Labute approximate surface area is 345 Å². The Hall–Kier alpha value is -7.16. The molecule has 0 aromatic heterocycles. The fourth-order valence-electron chi connectivity index (χ4n) is 7.14. The summed E-state index contributed by atoms with van der Waals surface area (Å²) in [6.07, 6.45) is 4.38. The van der Waals surface area contributed by atoms with E-state index in [0.717, 1.165) is 28.2 Å². The van der Waals surface area contributed by atoms with Crippen molar-refractivity contribution < 1.29 is 0 Å². The second-order valence-corrected chi connectivity index (χ2v) is 14.7. The van der Waals surface area contributed by atoms with Gasteiger partial charge in [-0.1, -0.05) is 199 Å². The molecule has 284 valence electrons. The maximum atomic E-state index is 3.54. The van der Waals surface area contributed by atoms with Gasteiger partial charge in [0.2, 0.25) is 0 Å². The van der Waals surface area contributed by atoms with E-state index in [9.17, 15) is 0 Å². The Balaban J connectivity index is 0.000000573. The van der Waals surface area contributed by atoms with Crippen LogP contribution in [0.2, 0.25) is 0 Å². The van der Waals surface area contributed by atoms with Crippen LogP contribution in [0.4, 0.5) is 17.1 Å². The molecule has 0 saturated carbocycles. The molecule has 0 unspecified atom stereocenters. The summed E-state index contributed by atoms with van der Waals surface area (Å²) in [6, 6.07) is 74.9. The Bertz CT molecular complexity index is 2470. The highest BCUT2D eigenvalue weighted by molar-refractivity contribution is 5.85. The van der Waals surface area contributed by atoms with Crippen molar-refractivity contribution in [1.82, 2.24) is 0 Å². The highest BCUT2D eigenvalue weighted by Gasteiger charge is 2.14. The largest absolute Gasteiger partial charge is 0.361 e. The summed E-state index contributed by atoms with van der Waals surface area (Å²) < 4.78 is 0. The first-order valence-electron chi connectivity index (χ1n) is 19.9. The molecule has 2 nitrogen and oxygen atoms in total. The molecule has 0 heterocycles. The van der Waals surface area contributed by atoms with E-state index in [0.29, 0.717) is 0 Å². The molecule has 0 radical (unpaired) electrons. The first-order valence-corrected chi connectivity index (χ1v) is 19.9. The molecule has 0 fully saturated rings. The van der Waals surface area contributed by atoms with Crippen LogP contribution in [0.1, 0.15) is 44.5 Å². The maximum absolute atomic E-state index is 3.54. The van der Waals surface area contributed by atoms with Gasteiger partial charge in [0.05, 0.1) is 0 Å². The van der Waals surface area contributed by atoms with Gasteiger partial charge in [-0.25, -0.2) is 0 Å². The number of benzene rings is 8. The molecule has 58 heavy (non-hydrogen) atoms. The van der Waals surface area contributed by atoms with Crippen LogP contribution in [0.5, 0.6) is 0 Å². The van der Waals surface area contributed by atoms with E-state index in [-0.39, 0.29) is 0 Å². The minimum atomic E-state index is 1.04. The molecule has 0 aliphatic heterocycles. The number of rotatable bonds is 10. The van der Waals surface area contributed by atoms with Crippen LogP contribution in [-0.4, -0.2) is 0 Å². The monoisotopic (exact) mass is 750 g/mol. The van der Waals surface area contributed by atoms with Crippen molar-refractivity contribution in [1.29, 1.82) is 0 Å². The predicted molar refractivity (Wildman–Crippen MR) is 249 cm³/mol. The van der Waals surface area contributed by atoms with E-state index in [1.165, 1.54) is 55.6 Å². The van der Waals surface area contributed by atoms with Crippen molar-refractivity contribution in [3.8, 4) is 11.1 Å². The summed E-state index contributed by atoms with van der Waals surface area (Å²) in [6.45, 7) is 8.55. The van der Waals surface area contributed by atoms with Gasteiger partial charge in [-0.15, -0.1) is 0 Å². The zero-order chi connectivity index (χ0) is 40.1. The van der Waals surface area contributed by atoms with E-state index in [2.05, 4.69) is 263 Å². The fourth-order valence-corrected chi connectivity index (χ4v) is 7.14. The number of nitrogens with zero attached hydrogens (tertiary/aromatic N) is 1. The molecule has 0 atom stereocenters. The van der Waals surface area contributed by atoms with Gasteiger partial charge in [0.1, 0.15) is 0 Å². The van der Waals surface area contributed by atoms with Gasteiger partial charge in [-0.05, 0) is 97.0 Å². The van der Waals surface area contributed by atoms with Crippen LogP contribution in [0.3, 0.4) is 0 Å². The number of anilines is 3. The van der Waals surface area contributed by atoms with Crippen molar-refractivity contribution >= 4 is 28.2 Å². The van der Waals surface area contributed by atoms with Gasteiger partial charge in [0.25, 0.3) is 0 Å². The van der Waals surface area contributed by atoms with Gasteiger partial charge in [0.15, 0.2) is 0 Å². The highest BCUT2D eigenvalue weighted by atomic mass is 15.1. The van der Waals surface area contributed by atoms with E-state index < -0.39 is 0 Å². The Morgan fingerprint density at radius 1 is 0.397 bits per heavy atom. The zero-order valence-corrected chi connectivity index (χ0v) is 33.8. The second kappa shape index (κ2) is 19.1. The van der Waals surface area contributed by atoms with Crippen LogP contribution in [-0.2, 0) is 0 Å². The van der Waals surface area contributed by atoms with E-state index in [1.54, 1.807) is 0 Å². The van der Waals surface area contributed by atoms with Crippen LogP contribution in [0.15, 0.2) is 225 Å². The van der Waals surface area contributed by atoms with Gasteiger partial charge < -0.3 is 10.2 Å². The lowest BCUT2D eigenvalue weighted by Gasteiger charge is -2.25. The second-order valence-electron chi connectivity index (χ2n) is 14.7. The molecular formula is C56H50N2. The lowest BCUT2D eigenvalue weighted by Crippen LogP contribution is -2.12. The molecule has 0 saturated heterocycles. The number of hydrogen-bond donors (Lipinski definition) is 1. The number of aryl methyl sites for hydroxylation is 4. The third-order valence-electron chi connectivity index (χ3n) is 10.1. The minimum Gasteiger partial charge on any atom is -0.361 e. The van der Waals surface area contributed by atoms with Crippen molar-refractivity contribution in [2.24, 2.45) is 0 Å². The smallest absolute Gasteiger partial charge is 0.0485 e. The summed E-state index contributed by atoms with van der Waals surface area (Å²) in [7, 11) is 0. The van der Waals surface area contributed by atoms with Gasteiger partial charge in [0, 0.05) is 40.6 Å². The first kappa shape index (κ1) is 39.1. The standard InChI is InChI=1S/C48H40N2.C8H10/c1-36-23-32-48(37(2)33-36)50(35-47(42-19-11-5-12-20-42)43-21-13-6-14-22-43)45-30-26-39(27-31-45)38-24-28-44(29-25-38)49-34-46(40-15-7-3-8-16-40)41-17-9-4-10-18-41;1-7-4-3-5-8(2)6-7/h3-35,49H,1-2H3;3-6H,1-2H3. The summed E-state index contributed by atoms with van der Waals surface area (Å²) in [5, 5.41) is 3.54. The van der Waals surface area contributed by atoms with Crippen molar-refractivity contribution in [2.75, 3.05) is 10.2 Å². The van der Waals surface area contributed by atoms with E-state index in [1.807, 2.05) is 0 Å². The third-order valence-corrected chi connectivity index (χ3v) is 10.1. The molecule has 8 aromatic rings. The molecule has 0 bridgehead atoms. The summed E-state index contributed by atoms with van der Waals surface area (Å²) in [5.41, 5.74) is 17.8. The lowest BCUT2D eigenvalue weighted by molar-refractivity contribution is 1.23. The van der Waals surface area contributed by atoms with E-state index >= 15 is 0 Å². The molecular weight excluding hydrogens is 701 g/mol. The SMILES string of the molecule is Cc1ccc(N(C=C(c2ccccc2)c2ccccc2)c2ccc(-c3ccc(NC=C(c4ccccc4)c4ccccc4)cc3)cc2)c(C)c1.Cc1cccc(C)c1. The fraction of sp³-hybridized carbons (Fsp3) is 0.0714. The molecule has 0 aliphatic rings. The predicted octanol–water partition coefficient (Wildman–Crippen LogP) is 15.0. The molecule has 8 aromatic carbocycles. The summed E-state index contributed by atoms with van der Waals surface area (Å²) >= 11 is 0. The van der Waals surface area contributed by atoms with E-state index in [4.69, 9.17) is 0 Å². The Morgan fingerprint density at radius 3 is 1.26 bits per heavy atom. The molecule has 0 spiro atoms. The first-order chi connectivity index (χ1) is 28.4. The Morgan fingerprint density at radius 2 is 0.828 bits per heavy atom. The van der Waals surface area contributed by atoms with Gasteiger partial charge in [-0.3, -0.25) is 0 Å². The maximum Gasteiger partial charge on any atom is 0.0485 e. The topological polar surface area (TPSA) is 15.3 Å². The van der Waals surface area contributed by atoms with Crippen molar-refractivity contribution in [3.05, 3.63) is 269 Å². The molecule has 1 N–H and O–H groups in total. The summed E-state index contributed by atoms with van der Waals surface area (Å²) in [4.78, 5) is 2.32. The number of nitrogens with one attached hydrogen (secondary N) is 1. The van der Waals surface area contributed by atoms with Crippen LogP contribution in [0, 0.1) is 27.7 Å². The molecule has 0 aliphatic carbocycles. The van der Waals surface area contributed by atoms with Crippen molar-refractivity contribution in [2.45, 2.75) is 27.7 Å². The zero-order valence-electron chi connectivity index (χ0n) is 33.8. The van der Waals surface area contributed by atoms with Crippen LogP contribution < -0.4 is 10.2 Å². The minimum absolute atomic E-state index is 1.04. The number of hydrogen-bond acceptors (Lipinski definition) is 2. The molecule has 0 amide bonds. The van der Waals surface area contributed by atoms with Crippen LogP contribution >= 0.6 is 0 Å².